The Morgan fingerprint density at radius 1 is 1.20 bits per heavy atom. The Morgan fingerprint density at radius 2 is 1.80 bits per heavy atom. The highest BCUT2D eigenvalue weighted by molar-refractivity contribution is 6.43. The summed E-state index contributed by atoms with van der Waals surface area (Å²) < 4.78 is 5.47. The van der Waals surface area contributed by atoms with Crippen LogP contribution in [0.25, 0.3) is 0 Å². The van der Waals surface area contributed by atoms with E-state index in [0.717, 1.165) is 0 Å². The minimum atomic E-state index is 0.274. The van der Waals surface area contributed by atoms with Gasteiger partial charge in [0.1, 0.15) is 5.75 Å². The van der Waals surface area contributed by atoms with E-state index >= 15 is 0 Å². The van der Waals surface area contributed by atoms with Crippen LogP contribution in [0.5, 0.6) is 5.75 Å². The zero-order valence-corrected chi connectivity index (χ0v) is 10.5. The molecule has 0 saturated carbocycles. The van der Waals surface area contributed by atoms with E-state index in [4.69, 9.17) is 45.3 Å². The fourth-order valence-electron chi connectivity index (χ4n) is 0.915. The highest BCUT2D eigenvalue weighted by atomic mass is 35.5. The second-order valence-electron chi connectivity index (χ2n) is 3.35. The van der Waals surface area contributed by atoms with Crippen LogP contribution in [-0.4, -0.2) is 13.2 Å². The van der Waals surface area contributed by atoms with Gasteiger partial charge in [-0.05, 0) is 12.6 Å². The van der Waals surface area contributed by atoms with Crippen LogP contribution in [0.2, 0.25) is 15.1 Å². The summed E-state index contributed by atoms with van der Waals surface area (Å²) in [6.07, 6.45) is 0. The smallest absolute Gasteiger partial charge is 0.139 e. The molecule has 0 aliphatic rings. The van der Waals surface area contributed by atoms with E-state index in [1.54, 1.807) is 12.1 Å². The fraction of sp³-hybridized carbons (Fsp3) is 0.400. The lowest BCUT2D eigenvalue weighted by molar-refractivity contribution is 0.264. The van der Waals surface area contributed by atoms with Gasteiger partial charge in [-0.2, -0.15) is 0 Å². The van der Waals surface area contributed by atoms with E-state index in [1.807, 2.05) is 6.92 Å². The molecule has 0 heterocycles. The lowest BCUT2D eigenvalue weighted by Crippen LogP contribution is -2.18. The van der Waals surface area contributed by atoms with Gasteiger partial charge in [0.15, 0.2) is 0 Å². The molecule has 2 N–H and O–H groups in total. The van der Waals surface area contributed by atoms with Crippen molar-refractivity contribution < 1.29 is 4.74 Å². The third-order valence-electron chi connectivity index (χ3n) is 1.90. The topological polar surface area (TPSA) is 35.2 Å². The zero-order chi connectivity index (χ0) is 11.4. The maximum atomic E-state index is 5.93. The summed E-state index contributed by atoms with van der Waals surface area (Å²) >= 11 is 17.6. The molecule has 1 unspecified atom stereocenters. The monoisotopic (exact) mass is 267 g/mol. The van der Waals surface area contributed by atoms with Crippen molar-refractivity contribution >= 4 is 34.8 Å². The molecule has 5 heteroatoms. The van der Waals surface area contributed by atoms with Gasteiger partial charge in [-0.1, -0.05) is 41.7 Å². The molecule has 84 valence electrons. The molecule has 0 aliphatic carbocycles. The predicted molar refractivity (Wildman–Crippen MR) is 65.2 cm³/mol. The first-order chi connectivity index (χ1) is 7.04. The summed E-state index contributed by atoms with van der Waals surface area (Å²) in [6.45, 7) is 3.07. The molecule has 0 aromatic heterocycles. The van der Waals surface area contributed by atoms with E-state index < -0.39 is 0 Å². The molecule has 0 radical (unpaired) electrons. The molecule has 0 aliphatic heterocycles. The van der Waals surface area contributed by atoms with Crippen LogP contribution in [0.3, 0.4) is 0 Å². The van der Waals surface area contributed by atoms with Gasteiger partial charge in [0.25, 0.3) is 0 Å². The van der Waals surface area contributed by atoms with Gasteiger partial charge in [-0.3, -0.25) is 0 Å². The van der Waals surface area contributed by atoms with E-state index in [2.05, 4.69) is 0 Å². The number of ether oxygens (including phenoxy) is 1. The summed E-state index contributed by atoms with van der Waals surface area (Å²) in [7, 11) is 0. The minimum absolute atomic E-state index is 0.274. The number of nitrogens with two attached hydrogens (primary N) is 1. The second-order valence-corrected chi connectivity index (χ2v) is 4.57. The third kappa shape index (κ3) is 3.72. The van der Waals surface area contributed by atoms with Crippen LogP contribution >= 0.6 is 34.8 Å². The molecule has 0 fully saturated rings. The van der Waals surface area contributed by atoms with Crippen LogP contribution in [-0.2, 0) is 0 Å². The molecular formula is C10H12Cl3NO. The van der Waals surface area contributed by atoms with Crippen molar-refractivity contribution in [2.45, 2.75) is 6.92 Å². The van der Waals surface area contributed by atoms with Crippen molar-refractivity contribution in [3.05, 3.63) is 27.2 Å². The fourth-order valence-corrected chi connectivity index (χ4v) is 1.51. The quantitative estimate of drug-likeness (QED) is 0.847. The van der Waals surface area contributed by atoms with Crippen LogP contribution in [0, 0.1) is 5.92 Å². The Hall–Kier alpha value is -0.150. The molecule has 0 spiro atoms. The Morgan fingerprint density at radius 3 is 2.40 bits per heavy atom. The van der Waals surface area contributed by atoms with Crippen LogP contribution in [0.1, 0.15) is 6.92 Å². The van der Waals surface area contributed by atoms with Gasteiger partial charge < -0.3 is 10.5 Å². The van der Waals surface area contributed by atoms with Gasteiger partial charge in [0.2, 0.25) is 0 Å². The molecular weight excluding hydrogens is 256 g/mol. The average Bonchev–Trinajstić information content (AvgIpc) is 2.21. The number of benzene rings is 1. The Labute approximate surface area is 104 Å². The molecule has 0 amide bonds. The summed E-state index contributed by atoms with van der Waals surface area (Å²) in [6, 6.07) is 3.17. The lowest BCUT2D eigenvalue weighted by atomic mass is 10.2. The number of halogens is 3. The van der Waals surface area contributed by atoms with Crippen molar-refractivity contribution in [1.82, 2.24) is 0 Å². The molecule has 15 heavy (non-hydrogen) atoms. The number of rotatable bonds is 4. The SMILES string of the molecule is CC(CN)COc1cc(Cl)c(Cl)cc1Cl. The van der Waals surface area contributed by atoms with E-state index in [1.165, 1.54) is 0 Å². The Bertz CT molecular complexity index is 344. The summed E-state index contributed by atoms with van der Waals surface area (Å²) in [5, 5.41) is 1.30. The first kappa shape index (κ1) is 12.9. The Kier molecular flexibility index (Phi) is 5.00. The molecule has 1 rings (SSSR count). The average molecular weight is 269 g/mol. The number of hydrogen-bond donors (Lipinski definition) is 1. The van der Waals surface area contributed by atoms with E-state index in [9.17, 15) is 0 Å². The molecule has 1 aromatic rings. The standard InChI is InChI=1S/C10H12Cl3NO/c1-6(4-14)5-15-10-3-8(12)7(11)2-9(10)13/h2-3,6H,4-5,14H2,1H3. The summed E-state index contributed by atoms with van der Waals surface area (Å²) in [5.41, 5.74) is 5.47. The second kappa shape index (κ2) is 5.80. The molecule has 0 bridgehead atoms. The number of hydrogen-bond acceptors (Lipinski definition) is 2. The molecule has 2 nitrogen and oxygen atoms in total. The van der Waals surface area contributed by atoms with E-state index in [-0.39, 0.29) is 5.92 Å². The van der Waals surface area contributed by atoms with Crippen LogP contribution in [0.4, 0.5) is 0 Å². The van der Waals surface area contributed by atoms with Gasteiger partial charge in [-0.25, -0.2) is 0 Å². The highest BCUT2D eigenvalue weighted by Crippen LogP contribution is 2.33. The first-order valence-electron chi connectivity index (χ1n) is 4.52. The van der Waals surface area contributed by atoms with Gasteiger partial charge >= 0.3 is 0 Å². The highest BCUT2D eigenvalue weighted by Gasteiger charge is 2.08. The van der Waals surface area contributed by atoms with Crippen LogP contribution in [0.15, 0.2) is 12.1 Å². The van der Waals surface area contributed by atoms with Gasteiger partial charge in [0.05, 0.1) is 21.7 Å². The van der Waals surface area contributed by atoms with Crippen molar-refractivity contribution in [3.63, 3.8) is 0 Å². The third-order valence-corrected chi connectivity index (χ3v) is 2.92. The van der Waals surface area contributed by atoms with Crippen molar-refractivity contribution in [3.8, 4) is 5.75 Å². The van der Waals surface area contributed by atoms with E-state index in [0.29, 0.717) is 34.0 Å². The van der Waals surface area contributed by atoms with Crippen molar-refractivity contribution in [2.24, 2.45) is 11.7 Å². The predicted octanol–water partition coefficient (Wildman–Crippen LogP) is 3.62. The molecule has 1 atom stereocenters. The maximum absolute atomic E-state index is 5.93. The van der Waals surface area contributed by atoms with Gasteiger partial charge in [-0.15, -0.1) is 0 Å². The molecule has 0 saturated heterocycles. The summed E-state index contributed by atoms with van der Waals surface area (Å²) in [4.78, 5) is 0. The van der Waals surface area contributed by atoms with Crippen LogP contribution < -0.4 is 10.5 Å². The summed E-state index contributed by atoms with van der Waals surface area (Å²) in [5.74, 6) is 0.807. The van der Waals surface area contributed by atoms with Crippen molar-refractivity contribution in [1.29, 1.82) is 0 Å². The maximum Gasteiger partial charge on any atom is 0.139 e. The normalized spacial score (nSPS) is 12.6. The van der Waals surface area contributed by atoms with Crippen molar-refractivity contribution in [2.75, 3.05) is 13.2 Å². The zero-order valence-electron chi connectivity index (χ0n) is 8.27. The minimum Gasteiger partial charge on any atom is -0.492 e. The lowest BCUT2D eigenvalue weighted by Gasteiger charge is -2.12. The largest absolute Gasteiger partial charge is 0.492 e. The molecule has 1 aromatic carbocycles. The first-order valence-corrected chi connectivity index (χ1v) is 5.65. The van der Waals surface area contributed by atoms with Gasteiger partial charge in [0, 0.05) is 12.0 Å². The Balaban J connectivity index is 2.73.